The van der Waals surface area contributed by atoms with Crippen LogP contribution in [0.5, 0.6) is 0 Å². The molecule has 2 atom stereocenters. The number of urea groups is 1. The molecule has 3 rings (SSSR count). The lowest BCUT2D eigenvalue weighted by atomic mass is 9.99. The molecule has 3 aliphatic heterocycles. The lowest BCUT2D eigenvalue weighted by Crippen LogP contribution is -2.50. The van der Waals surface area contributed by atoms with Gasteiger partial charge in [-0.3, -0.25) is 14.2 Å². The molecule has 0 radical (unpaired) electrons. The Hall–Kier alpha value is -1.47. The van der Waals surface area contributed by atoms with Crippen molar-refractivity contribution in [3.63, 3.8) is 0 Å². The summed E-state index contributed by atoms with van der Waals surface area (Å²) in [5.74, 6) is -0.0706. The molecule has 3 N–H and O–H groups in total. The number of piperidine rings is 2. The first-order chi connectivity index (χ1) is 11.8. The van der Waals surface area contributed by atoms with Gasteiger partial charge in [0.2, 0.25) is 0 Å². The summed E-state index contributed by atoms with van der Waals surface area (Å²) < 4.78 is 34.8. The first-order valence-electron chi connectivity index (χ1n) is 8.24. The normalized spacial score (nSPS) is 27.6. The third kappa shape index (κ3) is 4.39. The molecular weight excluding hydrogens is 356 g/mol. The summed E-state index contributed by atoms with van der Waals surface area (Å²) in [7, 11) is -4.80. The van der Waals surface area contributed by atoms with Crippen molar-refractivity contribution in [2.45, 2.75) is 37.8 Å². The smallest absolute Gasteiger partial charge is 0.317 e. The Morgan fingerprint density at radius 3 is 2.68 bits per heavy atom. The lowest BCUT2D eigenvalue weighted by molar-refractivity contribution is -0.140. The summed E-state index contributed by atoms with van der Waals surface area (Å²) in [5, 5.41) is 3.85. The third-order valence-electron chi connectivity index (χ3n) is 4.75. The highest BCUT2D eigenvalue weighted by Crippen LogP contribution is 2.30. The molecule has 3 heterocycles. The SMILES string of the molecule is O=C(NOCC1CCNCC1)[C@@H]1CC[C@@H]2CN1C(=O)N2OS(=O)(=O)O. The Morgan fingerprint density at radius 2 is 2.00 bits per heavy atom. The largest absolute Gasteiger partial charge is 0.418 e. The van der Waals surface area contributed by atoms with Gasteiger partial charge >= 0.3 is 16.4 Å². The Labute approximate surface area is 145 Å². The van der Waals surface area contributed by atoms with E-state index in [1.54, 1.807) is 0 Å². The third-order valence-corrected chi connectivity index (χ3v) is 5.10. The van der Waals surface area contributed by atoms with Gasteiger partial charge in [0.25, 0.3) is 5.91 Å². The van der Waals surface area contributed by atoms with E-state index in [4.69, 9.17) is 9.39 Å². The van der Waals surface area contributed by atoms with Gasteiger partial charge in [-0.1, -0.05) is 0 Å². The second-order valence-corrected chi connectivity index (χ2v) is 7.49. The molecule has 3 aliphatic rings. The standard InChI is InChI=1S/C13H22N4O7S/c18-12(15-23-8-9-3-5-14-6-4-9)11-2-1-10-7-16(11)13(19)17(10)24-25(20,21)22/h9-11,14H,1-8H2,(H,15,18)(H,20,21,22)/t10-,11+/m1/s1. The van der Waals surface area contributed by atoms with Crippen LogP contribution >= 0.6 is 0 Å². The van der Waals surface area contributed by atoms with Crippen molar-refractivity contribution in [3.05, 3.63) is 0 Å². The summed E-state index contributed by atoms with van der Waals surface area (Å²) in [5.41, 5.74) is 2.39. The van der Waals surface area contributed by atoms with E-state index in [9.17, 15) is 18.0 Å². The molecule has 25 heavy (non-hydrogen) atoms. The van der Waals surface area contributed by atoms with Gasteiger partial charge in [-0.05, 0) is 44.7 Å². The highest BCUT2D eigenvalue weighted by atomic mass is 32.3. The minimum Gasteiger partial charge on any atom is -0.317 e. The molecule has 2 bridgehead atoms. The van der Waals surface area contributed by atoms with Crippen LogP contribution in [0.3, 0.4) is 0 Å². The first-order valence-corrected chi connectivity index (χ1v) is 9.61. The monoisotopic (exact) mass is 378 g/mol. The number of carbonyl (C=O) groups is 2. The van der Waals surface area contributed by atoms with E-state index in [2.05, 4.69) is 15.1 Å². The van der Waals surface area contributed by atoms with Crippen molar-refractivity contribution in [1.29, 1.82) is 0 Å². The van der Waals surface area contributed by atoms with Gasteiger partial charge in [-0.25, -0.2) is 10.3 Å². The van der Waals surface area contributed by atoms with Gasteiger partial charge < -0.3 is 10.2 Å². The van der Waals surface area contributed by atoms with Crippen LogP contribution in [0.15, 0.2) is 0 Å². The maximum absolute atomic E-state index is 12.3. The molecule has 11 nitrogen and oxygen atoms in total. The summed E-state index contributed by atoms with van der Waals surface area (Å²) in [4.78, 5) is 31.0. The second kappa shape index (κ2) is 7.41. The van der Waals surface area contributed by atoms with Gasteiger partial charge in [-0.2, -0.15) is 13.5 Å². The number of hydrogen-bond acceptors (Lipinski definition) is 7. The highest BCUT2D eigenvalue weighted by Gasteiger charge is 2.49. The van der Waals surface area contributed by atoms with Crippen molar-refractivity contribution in [2.24, 2.45) is 5.92 Å². The van der Waals surface area contributed by atoms with Gasteiger partial charge in [0.1, 0.15) is 6.04 Å². The summed E-state index contributed by atoms with van der Waals surface area (Å²) in [6, 6.07) is -2.04. The van der Waals surface area contributed by atoms with E-state index in [1.165, 1.54) is 4.90 Å². The lowest BCUT2D eigenvalue weighted by Gasteiger charge is -2.29. The summed E-state index contributed by atoms with van der Waals surface area (Å²) in [6.45, 7) is 2.42. The number of rotatable bonds is 6. The van der Waals surface area contributed by atoms with Gasteiger partial charge in [0.15, 0.2) is 0 Å². The Kier molecular flexibility index (Phi) is 5.43. The minimum absolute atomic E-state index is 0.154. The van der Waals surface area contributed by atoms with Gasteiger partial charge in [-0.15, -0.1) is 4.28 Å². The minimum atomic E-state index is -4.80. The molecule has 3 amide bonds. The second-order valence-electron chi connectivity index (χ2n) is 6.48. The van der Waals surface area contributed by atoms with Crippen LogP contribution in [0.1, 0.15) is 25.7 Å². The highest BCUT2D eigenvalue weighted by molar-refractivity contribution is 7.80. The van der Waals surface area contributed by atoms with Crippen molar-refractivity contribution >= 4 is 22.3 Å². The average Bonchev–Trinajstić information content (AvgIpc) is 2.79. The molecule has 0 aromatic heterocycles. The molecule has 142 valence electrons. The molecule has 0 aromatic rings. The quantitative estimate of drug-likeness (QED) is 0.397. The van der Waals surface area contributed by atoms with Crippen LogP contribution in [-0.2, 0) is 24.3 Å². The number of fused-ring (bicyclic) bond motifs is 2. The van der Waals surface area contributed by atoms with Crippen molar-refractivity contribution in [3.8, 4) is 0 Å². The molecule has 0 unspecified atom stereocenters. The average molecular weight is 378 g/mol. The van der Waals surface area contributed by atoms with Gasteiger partial charge in [0.05, 0.1) is 12.6 Å². The zero-order chi connectivity index (χ0) is 18.0. The van der Waals surface area contributed by atoms with Crippen LogP contribution in [0.4, 0.5) is 4.79 Å². The van der Waals surface area contributed by atoms with E-state index in [-0.39, 0.29) is 6.54 Å². The van der Waals surface area contributed by atoms with Gasteiger partial charge in [0, 0.05) is 6.54 Å². The van der Waals surface area contributed by atoms with E-state index in [0.29, 0.717) is 30.4 Å². The van der Waals surface area contributed by atoms with Crippen LogP contribution in [0.2, 0.25) is 0 Å². The predicted octanol–water partition coefficient (Wildman–Crippen LogP) is -0.963. The fraction of sp³-hybridized carbons (Fsp3) is 0.846. The fourth-order valence-electron chi connectivity index (χ4n) is 3.45. The number of hydroxylamine groups is 3. The van der Waals surface area contributed by atoms with Crippen LogP contribution in [0.25, 0.3) is 0 Å². The predicted molar refractivity (Wildman–Crippen MR) is 83.1 cm³/mol. The number of nitrogens with one attached hydrogen (secondary N) is 2. The van der Waals surface area contributed by atoms with E-state index >= 15 is 0 Å². The van der Waals surface area contributed by atoms with Crippen LogP contribution in [0, 0.1) is 5.92 Å². The zero-order valence-electron chi connectivity index (χ0n) is 13.6. The maximum atomic E-state index is 12.3. The molecular formula is C13H22N4O7S. The fourth-order valence-corrected chi connectivity index (χ4v) is 3.84. The molecule has 0 aliphatic carbocycles. The molecule has 12 heteroatoms. The first kappa shape index (κ1) is 18.3. The molecule has 0 spiro atoms. The number of hydrogen-bond donors (Lipinski definition) is 3. The molecule has 3 saturated heterocycles. The Morgan fingerprint density at radius 1 is 1.28 bits per heavy atom. The number of carbonyl (C=O) groups excluding carboxylic acids is 2. The number of amides is 3. The topological polar surface area (TPSA) is 138 Å². The maximum Gasteiger partial charge on any atom is 0.418 e. The Bertz CT molecular complexity index is 622. The summed E-state index contributed by atoms with van der Waals surface area (Å²) >= 11 is 0. The van der Waals surface area contributed by atoms with Crippen molar-refractivity contribution < 1.29 is 31.7 Å². The Balaban J connectivity index is 1.51. The van der Waals surface area contributed by atoms with Crippen LogP contribution in [-0.4, -0.2) is 73.2 Å². The van der Waals surface area contributed by atoms with Crippen LogP contribution < -0.4 is 10.8 Å². The molecule has 0 aromatic carbocycles. The molecule has 0 saturated carbocycles. The van der Waals surface area contributed by atoms with E-state index < -0.39 is 34.4 Å². The number of nitrogens with zero attached hydrogens (tertiary/aromatic N) is 2. The summed E-state index contributed by atoms with van der Waals surface area (Å²) in [6.07, 6.45) is 2.69. The van der Waals surface area contributed by atoms with E-state index in [1.807, 2.05) is 0 Å². The molecule has 3 fully saturated rings. The van der Waals surface area contributed by atoms with Crippen molar-refractivity contribution in [2.75, 3.05) is 26.2 Å². The van der Waals surface area contributed by atoms with Crippen molar-refractivity contribution in [1.82, 2.24) is 20.8 Å². The zero-order valence-corrected chi connectivity index (χ0v) is 14.4. The van der Waals surface area contributed by atoms with E-state index in [0.717, 1.165) is 25.9 Å².